The summed E-state index contributed by atoms with van der Waals surface area (Å²) in [6, 6.07) is 0. The number of unbranched alkanes of at least 4 members (excludes halogenated alkanes) is 20. The maximum absolute atomic E-state index is 12.0. The van der Waals surface area contributed by atoms with Crippen molar-refractivity contribution in [3.8, 4) is 0 Å². The van der Waals surface area contributed by atoms with Crippen LogP contribution in [0.1, 0.15) is 203 Å². The van der Waals surface area contributed by atoms with Gasteiger partial charge in [0.1, 0.15) is 6.61 Å². The Kier molecular flexibility index (Phi) is 60.7. The quantitative estimate of drug-likeness (QED) is 0.0319. The first-order valence-electron chi connectivity index (χ1n) is 22.0. The molecule has 10 nitrogen and oxygen atoms in total. The van der Waals surface area contributed by atoms with Crippen molar-refractivity contribution in [2.75, 3.05) is 52.9 Å². The lowest BCUT2D eigenvalue weighted by Crippen LogP contribution is -2.28. The molecule has 0 aliphatic carbocycles. The van der Waals surface area contributed by atoms with Gasteiger partial charge in [0.2, 0.25) is 0 Å². The number of hydrogen-bond acceptors (Lipinski definition) is 10. The number of nitrogens with two attached hydrogens (primary N) is 2. The van der Waals surface area contributed by atoms with E-state index in [1.165, 1.54) is 103 Å². The van der Waals surface area contributed by atoms with Gasteiger partial charge < -0.3 is 40.3 Å². The lowest BCUT2D eigenvalue weighted by molar-refractivity contribution is -0.161. The molecule has 1 unspecified atom stereocenters. The fourth-order valence-electron chi connectivity index (χ4n) is 5.21. The molecule has 10 heteroatoms. The number of ether oxygens (including phenoxy) is 5. The topological polar surface area (TPSA) is 153 Å². The van der Waals surface area contributed by atoms with Gasteiger partial charge in [0, 0.05) is 26.0 Å². The minimum atomic E-state index is -0.758. The normalized spacial score (nSPS) is 11.1. The maximum Gasteiger partial charge on any atom is 0.306 e. The van der Waals surface area contributed by atoms with E-state index in [9.17, 15) is 14.7 Å². The SMILES string of the molecule is CC.CCCCCCCCCCCCCC(=O)OCC(CO)OC(=O)CCCCCCCCCCCCC.CCOC(C)C.NCCOCCOCN. The fourth-order valence-corrected chi connectivity index (χ4v) is 5.21. The van der Waals surface area contributed by atoms with Crippen LogP contribution in [-0.2, 0) is 33.3 Å². The van der Waals surface area contributed by atoms with Crippen LogP contribution in [0.2, 0.25) is 0 Å². The largest absolute Gasteiger partial charge is 0.462 e. The minimum absolute atomic E-state index is 0.0582. The van der Waals surface area contributed by atoms with Crippen molar-refractivity contribution in [3.05, 3.63) is 0 Å². The molecular formula is C43H92N2O8. The van der Waals surface area contributed by atoms with Crippen LogP contribution in [0.5, 0.6) is 0 Å². The van der Waals surface area contributed by atoms with Crippen LogP contribution >= 0.6 is 0 Å². The molecule has 0 saturated carbocycles. The molecule has 0 aliphatic rings. The molecule has 0 aromatic heterocycles. The van der Waals surface area contributed by atoms with Gasteiger partial charge in [0.05, 0.1) is 39.3 Å². The molecule has 0 radical (unpaired) electrons. The summed E-state index contributed by atoms with van der Waals surface area (Å²) in [5.41, 5.74) is 10.2. The Morgan fingerprint density at radius 3 is 1.30 bits per heavy atom. The molecule has 322 valence electrons. The molecule has 0 aliphatic heterocycles. The van der Waals surface area contributed by atoms with Crippen molar-refractivity contribution in [2.45, 2.75) is 215 Å². The number of aliphatic hydroxyl groups excluding tert-OH is 1. The summed E-state index contributed by atoms with van der Waals surface area (Å²) < 4.78 is 25.3. The van der Waals surface area contributed by atoms with Crippen molar-refractivity contribution < 1.29 is 38.4 Å². The minimum Gasteiger partial charge on any atom is -0.462 e. The standard InChI is InChI=1S/C31H60O5.C5H14N2O2.C5H12O.C2H6/c1-3-5-7-9-11-13-15-17-19-21-23-25-30(33)35-28-29(27-32)36-31(34)26-24-22-20-18-16-14-12-10-8-6-4-2;6-1-2-8-3-4-9-5-7;1-4-6-5(2)3;1-2/h29,32H,3-28H2,1-2H3;1-7H2;5H,4H2,1-3H3;1-2H3. The van der Waals surface area contributed by atoms with Gasteiger partial charge in [-0.3, -0.25) is 9.59 Å². The van der Waals surface area contributed by atoms with Gasteiger partial charge in [0.15, 0.2) is 6.10 Å². The Hall–Kier alpha value is -1.30. The lowest BCUT2D eigenvalue weighted by Gasteiger charge is -2.15. The summed E-state index contributed by atoms with van der Waals surface area (Å²) >= 11 is 0. The van der Waals surface area contributed by atoms with Crippen molar-refractivity contribution in [1.29, 1.82) is 0 Å². The molecule has 0 spiro atoms. The highest BCUT2D eigenvalue weighted by molar-refractivity contribution is 5.70. The van der Waals surface area contributed by atoms with Gasteiger partial charge in [-0.1, -0.05) is 156 Å². The third kappa shape index (κ3) is 60.2. The number of hydrogen-bond donors (Lipinski definition) is 3. The van der Waals surface area contributed by atoms with E-state index in [4.69, 9.17) is 35.2 Å². The van der Waals surface area contributed by atoms with Crippen LogP contribution in [0.25, 0.3) is 0 Å². The second-order valence-corrected chi connectivity index (χ2v) is 13.5. The molecule has 0 heterocycles. The molecule has 0 saturated heterocycles. The van der Waals surface area contributed by atoms with E-state index < -0.39 is 6.10 Å². The zero-order valence-electron chi connectivity index (χ0n) is 36.2. The lowest BCUT2D eigenvalue weighted by atomic mass is 10.1. The van der Waals surface area contributed by atoms with E-state index >= 15 is 0 Å². The van der Waals surface area contributed by atoms with E-state index in [0.717, 1.165) is 45.1 Å². The second kappa shape index (κ2) is 55.0. The third-order valence-electron chi connectivity index (χ3n) is 8.15. The summed E-state index contributed by atoms with van der Waals surface area (Å²) in [6.45, 7) is 17.5. The van der Waals surface area contributed by atoms with E-state index in [0.29, 0.717) is 45.3 Å². The Morgan fingerprint density at radius 2 is 0.962 bits per heavy atom. The summed E-state index contributed by atoms with van der Waals surface area (Å²) in [4.78, 5) is 24.0. The number of carbonyl (C=O) groups excluding carboxylic acids is 2. The maximum atomic E-state index is 12.0. The number of rotatable bonds is 36. The first kappa shape index (κ1) is 58.4. The fraction of sp³-hybridized carbons (Fsp3) is 0.953. The molecule has 0 fully saturated rings. The van der Waals surface area contributed by atoms with Crippen LogP contribution in [0.15, 0.2) is 0 Å². The number of carbonyl (C=O) groups is 2. The molecule has 0 amide bonds. The zero-order valence-corrected chi connectivity index (χ0v) is 36.2. The van der Waals surface area contributed by atoms with E-state index in [-0.39, 0.29) is 31.9 Å². The molecule has 0 bridgehead atoms. The smallest absolute Gasteiger partial charge is 0.306 e. The predicted octanol–water partition coefficient (Wildman–Crippen LogP) is 10.2. The molecule has 1 atom stereocenters. The molecular weight excluding hydrogens is 672 g/mol. The van der Waals surface area contributed by atoms with Crippen molar-refractivity contribution in [2.24, 2.45) is 11.5 Å². The number of aliphatic hydroxyl groups is 1. The number of esters is 2. The summed E-state index contributed by atoms with van der Waals surface area (Å²) in [7, 11) is 0. The van der Waals surface area contributed by atoms with Crippen LogP contribution in [-0.4, -0.2) is 82.2 Å². The van der Waals surface area contributed by atoms with Crippen molar-refractivity contribution >= 4 is 11.9 Å². The first-order valence-corrected chi connectivity index (χ1v) is 22.0. The third-order valence-corrected chi connectivity index (χ3v) is 8.15. The van der Waals surface area contributed by atoms with Gasteiger partial charge in [-0.2, -0.15) is 0 Å². The van der Waals surface area contributed by atoms with Crippen LogP contribution in [0, 0.1) is 0 Å². The van der Waals surface area contributed by atoms with E-state index in [1.54, 1.807) is 0 Å². The Bertz CT molecular complexity index is 664. The van der Waals surface area contributed by atoms with Gasteiger partial charge >= 0.3 is 11.9 Å². The molecule has 0 aromatic carbocycles. The van der Waals surface area contributed by atoms with Gasteiger partial charge in [0.25, 0.3) is 0 Å². The summed E-state index contributed by atoms with van der Waals surface area (Å²) in [5.74, 6) is -0.586. The highest BCUT2D eigenvalue weighted by Gasteiger charge is 2.16. The van der Waals surface area contributed by atoms with Crippen LogP contribution < -0.4 is 11.5 Å². The average molecular weight is 765 g/mol. The predicted molar refractivity (Wildman–Crippen MR) is 223 cm³/mol. The Morgan fingerprint density at radius 1 is 0.566 bits per heavy atom. The Balaban J connectivity index is -0.000000580. The highest BCUT2D eigenvalue weighted by atomic mass is 16.6. The van der Waals surface area contributed by atoms with Crippen LogP contribution in [0.3, 0.4) is 0 Å². The average Bonchev–Trinajstić information content (AvgIpc) is 3.15. The molecule has 0 aromatic rings. The first-order chi connectivity index (χ1) is 25.8. The zero-order chi connectivity index (χ0) is 40.5. The van der Waals surface area contributed by atoms with Gasteiger partial charge in [-0.25, -0.2) is 0 Å². The summed E-state index contributed by atoms with van der Waals surface area (Å²) in [6.07, 6.45) is 27.6. The summed E-state index contributed by atoms with van der Waals surface area (Å²) in [5, 5.41) is 9.46. The second-order valence-electron chi connectivity index (χ2n) is 13.5. The van der Waals surface area contributed by atoms with Gasteiger partial charge in [-0.15, -0.1) is 0 Å². The Labute approximate surface area is 328 Å². The monoisotopic (exact) mass is 765 g/mol. The van der Waals surface area contributed by atoms with Crippen molar-refractivity contribution in [1.82, 2.24) is 0 Å². The molecule has 0 rings (SSSR count). The highest BCUT2D eigenvalue weighted by Crippen LogP contribution is 2.14. The molecule has 53 heavy (non-hydrogen) atoms. The van der Waals surface area contributed by atoms with E-state index in [1.807, 2.05) is 34.6 Å². The van der Waals surface area contributed by atoms with Crippen molar-refractivity contribution in [3.63, 3.8) is 0 Å². The van der Waals surface area contributed by atoms with Gasteiger partial charge in [-0.05, 0) is 33.6 Å². The van der Waals surface area contributed by atoms with Crippen LogP contribution in [0.4, 0.5) is 0 Å². The molecule has 5 N–H and O–H groups in total. The van der Waals surface area contributed by atoms with E-state index in [2.05, 4.69) is 13.8 Å².